The molecule has 2 rings (SSSR count). The highest BCUT2D eigenvalue weighted by atomic mass is 79.9. The predicted molar refractivity (Wildman–Crippen MR) is 78.5 cm³/mol. The molecule has 102 valence electrons. The van der Waals surface area contributed by atoms with Crippen LogP contribution in [0.5, 0.6) is 0 Å². The van der Waals surface area contributed by atoms with Crippen molar-refractivity contribution in [3.63, 3.8) is 0 Å². The Balaban J connectivity index is 2.30. The Bertz CT molecular complexity index is 496. The molecule has 0 radical (unpaired) electrons. The maximum absolute atomic E-state index is 12.7. The SMILES string of the molecule is CCCC1CCCCN1S(=O)(=O)c1sccc1Br. The van der Waals surface area contributed by atoms with Crippen LogP contribution in [0.1, 0.15) is 39.0 Å². The Hall–Kier alpha value is 0.0900. The fraction of sp³-hybridized carbons (Fsp3) is 0.667. The number of nitrogens with zero attached hydrogens (tertiary/aromatic N) is 1. The average molecular weight is 352 g/mol. The van der Waals surface area contributed by atoms with E-state index in [2.05, 4.69) is 22.9 Å². The van der Waals surface area contributed by atoms with Gasteiger partial charge in [-0.2, -0.15) is 4.31 Å². The van der Waals surface area contributed by atoms with Gasteiger partial charge in [0, 0.05) is 17.1 Å². The van der Waals surface area contributed by atoms with E-state index in [1.165, 1.54) is 11.3 Å². The third-order valence-corrected chi connectivity index (χ3v) is 7.92. The van der Waals surface area contributed by atoms with E-state index < -0.39 is 10.0 Å². The van der Waals surface area contributed by atoms with Gasteiger partial charge >= 0.3 is 0 Å². The number of halogens is 1. The van der Waals surface area contributed by atoms with Gasteiger partial charge in [0.25, 0.3) is 10.0 Å². The third-order valence-electron chi connectivity index (χ3n) is 3.32. The van der Waals surface area contributed by atoms with Crippen molar-refractivity contribution in [1.29, 1.82) is 0 Å². The maximum atomic E-state index is 12.7. The van der Waals surface area contributed by atoms with Crippen LogP contribution < -0.4 is 0 Å². The first-order valence-electron chi connectivity index (χ1n) is 6.32. The van der Waals surface area contributed by atoms with Crippen LogP contribution in [0.2, 0.25) is 0 Å². The van der Waals surface area contributed by atoms with E-state index in [9.17, 15) is 8.42 Å². The van der Waals surface area contributed by atoms with Gasteiger partial charge in [0.15, 0.2) is 0 Å². The van der Waals surface area contributed by atoms with Crippen LogP contribution in [0, 0.1) is 0 Å². The zero-order valence-electron chi connectivity index (χ0n) is 10.4. The minimum Gasteiger partial charge on any atom is -0.206 e. The highest BCUT2D eigenvalue weighted by Crippen LogP contribution is 2.34. The summed E-state index contributed by atoms with van der Waals surface area (Å²) in [5.74, 6) is 0. The monoisotopic (exact) mass is 351 g/mol. The fourth-order valence-corrected chi connectivity index (χ4v) is 6.63. The van der Waals surface area contributed by atoms with E-state index in [1.54, 1.807) is 10.4 Å². The fourth-order valence-electron chi connectivity index (χ4n) is 2.48. The van der Waals surface area contributed by atoms with Gasteiger partial charge in [0.2, 0.25) is 0 Å². The summed E-state index contributed by atoms with van der Waals surface area (Å²) >= 11 is 4.63. The van der Waals surface area contributed by atoms with Gasteiger partial charge in [-0.3, -0.25) is 0 Å². The van der Waals surface area contributed by atoms with Crippen LogP contribution in [-0.2, 0) is 10.0 Å². The summed E-state index contributed by atoms with van der Waals surface area (Å²) in [4.78, 5) is 0. The summed E-state index contributed by atoms with van der Waals surface area (Å²) in [6, 6.07) is 1.99. The average Bonchev–Trinajstić information content (AvgIpc) is 2.77. The van der Waals surface area contributed by atoms with Crippen molar-refractivity contribution >= 4 is 37.3 Å². The molecule has 0 aliphatic carbocycles. The molecule has 1 atom stereocenters. The lowest BCUT2D eigenvalue weighted by molar-refractivity contribution is 0.240. The van der Waals surface area contributed by atoms with E-state index in [0.29, 0.717) is 15.2 Å². The van der Waals surface area contributed by atoms with Crippen molar-refractivity contribution in [2.24, 2.45) is 0 Å². The molecule has 0 bridgehead atoms. The van der Waals surface area contributed by atoms with Crippen LogP contribution in [0.25, 0.3) is 0 Å². The van der Waals surface area contributed by atoms with E-state index >= 15 is 0 Å². The van der Waals surface area contributed by atoms with Crippen LogP contribution >= 0.6 is 27.3 Å². The van der Waals surface area contributed by atoms with E-state index in [1.807, 2.05) is 5.38 Å². The normalized spacial score (nSPS) is 22.2. The largest absolute Gasteiger partial charge is 0.253 e. The lowest BCUT2D eigenvalue weighted by atomic mass is 10.0. The molecule has 2 heterocycles. The quantitative estimate of drug-likeness (QED) is 0.825. The number of hydrogen-bond acceptors (Lipinski definition) is 3. The van der Waals surface area contributed by atoms with Gasteiger partial charge in [0.05, 0.1) is 0 Å². The Morgan fingerprint density at radius 2 is 2.28 bits per heavy atom. The van der Waals surface area contributed by atoms with Crippen molar-refractivity contribution in [3.05, 3.63) is 15.9 Å². The summed E-state index contributed by atoms with van der Waals surface area (Å²) in [7, 11) is -3.32. The molecule has 0 spiro atoms. The Kier molecular flexibility index (Phi) is 4.86. The Morgan fingerprint density at radius 1 is 1.50 bits per heavy atom. The minimum atomic E-state index is -3.32. The molecule has 0 amide bonds. The number of hydrogen-bond donors (Lipinski definition) is 0. The molecule has 0 aromatic carbocycles. The van der Waals surface area contributed by atoms with Gasteiger partial charge in [-0.05, 0) is 46.6 Å². The van der Waals surface area contributed by atoms with Gasteiger partial charge < -0.3 is 0 Å². The van der Waals surface area contributed by atoms with Gasteiger partial charge in [-0.25, -0.2) is 8.42 Å². The molecular weight excluding hydrogens is 334 g/mol. The van der Waals surface area contributed by atoms with Crippen molar-refractivity contribution in [2.45, 2.75) is 49.3 Å². The highest BCUT2D eigenvalue weighted by molar-refractivity contribution is 9.10. The van der Waals surface area contributed by atoms with Crippen LogP contribution in [0.3, 0.4) is 0 Å². The molecule has 6 heteroatoms. The van der Waals surface area contributed by atoms with Crippen molar-refractivity contribution in [2.75, 3.05) is 6.54 Å². The van der Waals surface area contributed by atoms with E-state index in [0.717, 1.165) is 32.1 Å². The molecular formula is C12H18BrNO2S2. The second-order valence-electron chi connectivity index (χ2n) is 4.61. The van der Waals surface area contributed by atoms with Gasteiger partial charge in [-0.15, -0.1) is 11.3 Å². The number of rotatable bonds is 4. The zero-order chi connectivity index (χ0) is 13.2. The van der Waals surface area contributed by atoms with E-state index in [4.69, 9.17) is 0 Å². The first-order chi connectivity index (χ1) is 8.57. The minimum absolute atomic E-state index is 0.183. The number of piperidine rings is 1. The van der Waals surface area contributed by atoms with Gasteiger partial charge in [-0.1, -0.05) is 19.8 Å². The maximum Gasteiger partial charge on any atom is 0.253 e. The predicted octanol–water partition coefficient (Wildman–Crippen LogP) is 3.85. The summed E-state index contributed by atoms with van der Waals surface area (Å²) < 4.78 is 28.2. The standard InChI is InChI=1S/C12H18BrNO2S2/c1-2-5-10-6-3-4-8-14(10)18(15,16)12-11(13)7-9-17-12/h7,9-10H,2-6,8H2,1H3. The lowest BCUT2D eigenvalue weighted by Gasteiger charge is -2.34. The highest BCUT2D eigenvalue weighted by Gasteiger charge is 2.34. The molecule has 0 N–H and O–H groups in total. The molecule has 18 heavy (non-hydrogen) atoms. The third kappa shape index (κ3) is 2.81. The number of thiophene rings is 1. The van der Waals surface area contributed by atoms with Crippen LogP contribution in [0.4, 0.5) is 0 Å². The molecule has 0 saturated carbocycles. The van der Waals surface area contributed by atoms with Gasteiger partial charge in [0.1, 0.15) is 4.21 Å². The number of sulfonamides is 1. The summed E-state index contributed by atoms with van der Waals surface area (Å²) in [6.45, 7) is 2.78. The molecule has 3 nitrogen and oxygen atoms in total. The Labute approximate surface area is 121 Å². The lowest BCUT2D eigenvalue weighted by Crippen LogP contribution is -2.43. The first-order valence-corrected chi connectivity index (χ1v) is 9.43. The topological polar surface area (TPSA) is 37.4 Å². The molecule has 1 aromatic rings. The summed E-state index contributed by atoms with van der Waals surface area (Å²) in [5.41, 5.74) is 0. The first kappa shape index (κ1) is 14.5. The van der Waals surface area contributed by atoms with Crippen LogP contribution in [-0.4, -0.2) is 25.3 Å². The second-order valence-corrected chi connectivity index (χ2v) is 8.47. The van der Waals surface area contributed by atoms with Crippen LogP contribution in [0.15, 0.2) is 20.1 Å². The molecule has 1 aliphatic heterocycles. The second kappa shape index (κ2) is 6.03. The zero-order valence-corrected chi connectivity index (χ0v) is 13.7. The molecule has 1 aromatic heterocycles. The Morgan fingerprint density at radius 3 is 2.89 bits per heavy atom. The molecule has 1 aliphatic rings. The van der Waals surface area contributed by atoms with Crippen molar-refractivity contribution in [1.82, 2.24) is 4.31 Å². The van der Waals surface area contributed by atoms with Crippen molar-refractivity contribution in [3.8, 4) is 0 Å². The van der Waals surface area contributed by atoms with Crippen molar-refractivity contribution < 1.29 is 8.42 Å². The summed E-state index contributed by atoms with van der Waals surface area (Å²) in [5, 5.41) is 1.82. The summed E-state index contributed by atoms with van der Waals surface area (Å²) in [6.07, 6.45) is 5.10. The van der Waals surface area contributed by atoms with E-state index in [-0.39, 0.29) is 6.04 Å². The molecule has 1 saturated heterocycles. The molecule has 1 unspecified atom stereocenters. The smallest absolute Gasteiger partial charge is 0.206 e. The molecule has 1 fully saturated rings.